The van der Waals surface area contributed by atoms with Crippen LogP contribution in [0.5, 0.6) is 0 Å². The van der Waals surface area contributed by atoms with Crippen molar-refractivity contribution in [2.24, 2.45) is 0 Å². The first-order valence-electron chi connectivity index (χ1n) is 6.83. The van der Waals surface area contributed by atoms with Crippen molar-refractivity contribution < 1.29 is 14.3 Å². The Bertz CT molecular complexity index is 809. The number of pyridine rings is 1. The normalized spacial score (nSPS) is 10.4. The Balaban J connectivity index is 1.99. The second-order valence-electron chi connectivity index (χ2n) is 5.03. The van der Waals surface area contributed by atoms with E-state index in [1.807, 2.05) is 26.0 Å². The predicted octanol–water partition coefficient (Wildman–Crippen LogP) is 4.45. The monoisotopic (exact) mass is 386 g/mol. The van der Waals surface area contributed by atoms with Gasteiger partial charge in [-0.2, -0.15) is 0 Å². The lowest BCUT2D eigenvalue weighted by atomic mass is 10.1. The minimum absolute atomic E-state index is 0.0000139. The number of rotatable bonds is 4. The zero-order chi connectivity index (χ0) is 17.9. The van der Waals surface area contributed by atoms with E-state index < -0.39 is 18.5 Å². The molecule has 0 aliphatic carbocycles. The second-order valence-corrected chi connectivity index (χ2v) is 6.19. The highest BCUT2D eigenvalue weighted by Gasteiger charge is 2.19. The lowest BCUT2D eigenvalue weighted by Gasteiger charge is -2.10. The van der Waals surface area contributed by atoms with Gasteiger partial charge in [0.25, 0.3) is 5.91 Å². The summed E-state index contributed by atoms with van der Waals surface area (Å²) in [6.07, 6.45) is 1.18. The molecular formula is C16H13Cl3N2O3. The molecule has 0 bridgehead atoms. The van der Waals surface area contributed by atoms with Crippen molar-refractivity contribution in [3.05, 3.63) is 56.3 Å². The molecule has 5 nitrogen and oxygen atoms in total. The number of ether oxygens (including phenoxy) is 1. The van der Waals surface area contributed by atoms with Crippen LogP contribution in [0.1, 0.15) is 21.6 Å². The van der Waals surface area contributed by atoms with Gasteiger partial charge in [-0.15, -0.1) is 0 Å². The Hall–Kier alpha value is -1.82. The molecule has 24 heavy (non-hydrogen) atoms. The number of nitrogens with zero attached hydrogens (tertiary/aromatic N) is 1. The second kappa shape index (κ2) is 7.83. The van der Waals surface area contributed by atoms with Crippen LogP contribution in [0.4, 0.5) is 5.69 Å². The van der Waals surface area contributed by atoms with E-state index in [9.17, 15) is 9.59 Å². The predicted molar refractivity (Wildman–Crippen MR) is 94.1 cm³/mol. The van der Waals surface area contributed by atoms with Crippen LogP contribution in [0.3, 0.4) is 0 Å². The fourth-order valence-electron chi connectivity index (χ4n) is 1.93. The van der Waals surface area contributed by atoms with Crippen LogP contribution in [0.15, 0.2) is 24.4 Å². The number of nitrogens with one attached hydrogen (secondary N) is 1. The van der Waals surface area contributed by atoms with E-state index in [0.29, 0.717) is 5.69 Å². The molecule has 0 aliphatic heterocycles. The molecule has 0 atom stereocenters. The minimum atomic E-state index is -0.866. The van der Waals surface area contributed by atoms with E-state index in [4.69, 9.17) is 39.5 Å². The van der Waals surface area contributed by atoms with Crippen molar-refractivity contribution in [3.8, 4) is 0 Å². The van der Waals surface area contributed by atoms with Gasteiger partial charge >= 0.3 is 5.97 Å². The third kappa shape index (κ3) is 4.38. The molecule has 0 radical (unpaired) electrons. The maximum atomic E-state index is 11.9. The average Bonchev–Trinajstić information content (AvgIpc) is 2.53. The Morgan fingerprint density at radius 1 is 1.17 bits per heavy atom. The number of hydrogen-bond donors (Lipinski definition) is 1. The molecular weight excluding hydrogens is 375 g/mol. The van der Waals surface area contributed by atoms with Gasteiger partial charge < -0.3 is 10.1 Å². The largest absolute Gasteiger partial charge is 0.451 e. The zero-order valence-electron chi connectivity index (χ0n) is 12.8. The fourth-order valence-corrected chi connectivity index (χ4v) is 2.48. The topological polar surface area (TPSA) is 68.3 Å². The summed E-state index contributed by atoms with van der Waals surface area (Å²) < 4.78 is 4.90. The molecule has 0 unspecified atom stereocenters. The van der Waals surface area contributed by atoms with Gasteiger partial charge in [0, 0.05) is 11.9 Å². The molecule has 126 valence electrons. The van der Waals surface area contributed by atoms with Gasteiger partial charge in [0.1, 0.15) is 0 Å². The zero-order valence-corrected chi connectivity index (χ0v) is 15.1. The molecule has 1 heterocycles. The highest BCUT2D eigenvalue weighted by atomic mass is 35.5. The first-order chi connectivity index (χ1) is 11.3. The van der Waals surface area contributed by atoms with Gasteiger partial charge in [-0.05, 0) is 25.5 Å². The van der Waals surface area contributed by atoms with Crippen LogP contribution < -0.4 is 5.32 Å². The number of amides is 1. The molecule has 1 amide bonds. The molecule has 1 N–H and O–H groups in total. The van der Waals surface area contributed by atoms with Crippen LogP contribution in [-0.4, -0.2) is 23.5 Å². The van der Waals surface area contributed by atoms with Crippen molar-refractivity contribution in [1.82, 2.24) is 4.98 Å². The third-order valence-corrected chi connectivity index (χ3v) is 4.34. The molecule has 0 spiro atoms. The number of carbonyl (C=O) groups excluding carboxylic acids is 2. The lowest BCUT2D eigenvalue weighted by Crippen LogP contribution is -2.22. The number of aryl methyl sites for hydroxylation is 2. The number of anilines is 1. The van der Waals surface area contributed by atoms with Gasteiger partial charge in [0.2, 0.25) is 0 Å². The van der Waals surface area contributed by atoms with Gasteiger partial charge in [-0.1, -0.05) is 52.5 Å². The smallest absolute Gasteiger partial charge is 0.359 e. The minimum Gasteiger partial charge on any atom is -0.451 e. The van der Waals surface area contributed by atoms with Crippen molar-refractivity contribution in [1.29, 1.82) is 0 Å². The van der Waals surface area contributed by atoms with Gasteiger partial charge in [-0.25, -0.2) is 9.78 Å². The molecule has 0 saturated heterocycles. The Labute approximate surface area is 153 Å². The summed E-state index contributed by atoms with van der Waals surface area (Å²) >= 11 is 17.5. The van der Waals surface area contributed by atoms with Crippen molar-refractivity contribution in [2.75, 3.05) is 11.9 Å². The molecule has 2 aromatic rings. The Morgan fingerprint density at radius 2 is 1.88 bits per heavy atom. The number of esters is 1. The van der Waals surface area contributed by atoms with Gasteiger partial charge in [0.05, 0.1) is 15.1 Å². The highest BCUT2D eigenvalue weighted by Crippen LogP contribution is 2.31. The molecule has 8 heteroatoms. The molecule has 0 aliphatic rings. The third-order valence-electron chi connectivity index (χ3n) is 3.10. The van der Waals surface area contributed by atoms with Gasteiger partial charge in [-0.3, -0.25) is 4.79 Å². The van der Waals surface area contributed by atoms with Crippen LogP contribution in [0.25, 0.3) is 0 Å². The summed E-state index contributed by atoms with van der Waals surface area (Å²) in [6.45, 7) is 3.34. The summed E-state index contributed by atoms with van der Waals surface area (Å²) in [6, 6.07) is 5.58. The summed E-state index contributed by atoms with van der Waals surface area (Å²) in [7, 11) is 0. The summed E-state index contributed by atoms with van der Waals surface area (Å²) in [5.41, 5.74) is 2.43. The van der Waals surface area contributed by atoms with E-state index >= 15 is 0 Å². The van der Waals surface area contributed by atoms with Crippen LogP contribution in [0.2, 0.25) is 15.1 Å². The van der Waals surface area contributed by atoms with Crippen molar-refractivity contribution in [3.63, 3.8) is 0 Å². The molecule has 2 rings (SSSR count). The Morgan fingerprint density at radius 3 is 2.54 bits per heavy atom. The van der Waals surface area contributed by atoms with Crippen LogP contribution in [-0.2, 0) is 9.53 Å². The number of carbonyl (C=O) groups is 2. The highest BCUT2D eigenvalue weighted by molar-refractivity contribution is 6.48. The number of aromatic nitrogens is 1. The molecule has 0 fully saturated rings. The number of hydrogen-bond acceptors (Lipinski definition) is 4. The summed E-state index contributed by atoms with van der Waals surface area (Å²) in [5.74, 6) is -1.35. The maximum absolute atomic E-state index is 11.9. The van der Waals surface area contributed by atoms with E-state index in [1.54, 1.807) is 6.07 Å². The quantitative estimate of drug-likeness (QED) is 0.787. The number of benzene rings is 1. The fraction of sp³-hybridized carbons (Fsp3) is 0.188. The maximum Gasteiger partial charge on any atom is 0.359 e. The van der Waals surface area contributed by atoms with Crippen LogP contribution in [0, 0.1) is 13.8 Å². The number of halogens is 3. The van der Waals surface area contributed by atoms with E-state index in [2.05, 4.69) is 10.3 Å². The van der Waals surface area contributed by atoms with E-state index in [0.717, 1.165) is 11.1 Å². The standard InChI is InChI=1S/C16H13Cl3N2O3/c1-8-3-4-11(9(2)5-8)21-12(22)7-24-16(23)15-14(19)13(18)10(17)6-20-15/h3-6H,7H2,1-2H3,(H,21,22). The lowest BCUT2D eigenvalue weighted by molar-refractivity contribution is -0.119. The molecule has 1 aromatic heterocycles. The van der Waals surface area contributed by atoms with Gasteiger partial charge in [0.15, 0.2) is 12.3 Å². The van der Waals surface area contributed by atoms with E-state index in [1.165, 1.54) is 6.20 Å². The first-order valence-corrected chi connectivity index (χ1v) is 7.96. The summed E-state index contributed by atoms with van der Waals surface area (Å²) in [5, 5.41) is 2.66. The first kappa shape index (κ1) is 18.5. The SMILES string of the molecule is Cc1ccc(NC(=O)COC(=O)c2ncc(Cl)c(Cl)c2Cl)c(C)c1. The van der Waals surface area contributed by atoms with Crippen molar-refractivity contribution >= 4 is 52.4 Å². The molecule has 0 saturated carbocycles. The summed E-state index contributed by atoms with van der Waals surface area (Å²) in [4.78, 5) is 27.6. The Kier molecular flexibility index (Phi) is 6.04. The average molecular weight is 388 g/mol. The van der Waals surface area contributed by atoms with E-state index in [-0.39, 0.29) is 20.8 Å². The molecule has 1 aromatic carbocycles. The van der Waals surface area contributed by atoms with Crippen LogP contribution >= 0.6 is 34.8 Å². The van der Waals surface area contributed by atoms with Crippen molar-refractivity contribution in [2.45, 2.75) is 13.8 Å².